The maximum atomic E-state index is 6.21. The number of rotatable bonds is 6. The van der Waals surface area contributed by atoms with Gasteiger partial charge in [-0.1, -0.05) is 99.0 Å². The largest absolute Gasteiger partial charge is 0.342 e. The van der Waals surface area contributed by atoms with Gasteiger partial charge < -0.3 is 9.13 Å². The molecule has 0 unspecified atom stereocenters. The van der Waals surface area contributed by atoms with Gasteiger partial charge in [-0.05, 0) is 86.8 Å². The molecule has 4 aromatic rings. The molecular weight excluding hydrogens is 496 g/mol. The van der Waals surface area contributed by atoms with Gasteiger partial charge in [0.1, 0.15) is 0 Å². The molecule has 0 atom stereocenters. The molecule has 0 saturated carbocycles. The van der Waals surface area contributed by atoms with Gasteiger partial charge in [-0.2, -0.15) is 0 Å². The quantitative estimate of drug-likeness (QED) is 0.226. The Balaban J connectivity index is 0.000000258. The normalized spacial score (nSPS) is 11.8. The molecule has 3 heteroatoms. The van der Waals surface area contributed by atoms with Crippen molar-refractivity contribution >= 4 is 33.4 Å². The number of hydrogen-bond donors (Lipinski definition) is 0. The van der Waals surface area contributed by atoms with Crippen LogP contribution in [0.4, 0.5) is 0 Å². The number of hydrogen-bond acceptors (Lipinski definition) is 0. The minimum Gasteiger partial charge on any atom is -0.342 e. The monoisotopic (exact) mass is 550 g/mol. The highest BCUT2D eigenvalue weighted by Crippen LogP contribution is 2.39. The zero-order chi connectivity index (χ0) is 29.8. The van der Waals surface area contributed by atoms with Crippen molar-refractivity contribution in [1.82, 2.24) is 9.13 Å². The van der Waals surface area contributed by atoms with E-state index >= 15 is 0 Å². The Morgan fingerprint density at radius 1 is 0.513 bits per heavy atom. The SMILES string of the molecule is CC.CC(C)c1c(C(C)C)n(C(C)C)c2ccc(Cl)cc12.CC(C)c1c(C(C)C)n(C(C)C)c2ccccc12. The second kappa shape index (κ2) is 13.9. The third-order valence-corrected chi connectivity index (χ3v) is 7.55. The lowest BCUT2D eigenvalue weighted by molar-refractivity contribution is 0.569. The first kappa shape index (κ1) is 33.0. The Morgan fingerprint density at radius 3 is 1.33 bits per heavy atom. The Kier molecular flexibility index (Phi) is 11.8. The lowest BCUT2D eigenvalue weighted by Gasteiger charge is -2.19. The van der Waals surface area contributed by atoms with Gasteiger partial charge in [-0.3, -0.25) is 0 Å². The van der Waals surface area contributed by atoms with Gasteiger partial charge in [0.05, 0.1) is 0 Å². The lowest BCUT2D eigenvalue weighted by atomic mass is 9.94. The first-order valence-corrected chi connectivity index (χ1v) is 15.6. The molecule has 0 aliphatic heterocycles. The van der Waals surface area contributed by atoms with Crippen LogP contribution < -0.4 is 0 Å². The molecule has 2 aromatic carbocycles. The summed E-state index contributed by atoms with van der Waals surface area (Å²) >= 11 is 6.21. The lowest BCUT2D eigenvalue weighted by Crippen LogP contribution is -2.08. The van der Waals surface area contributed by atoms with Gasteiger partial charge in [-0.25, -0.2) is 0 Å². The summed E-state index contributed by atoms with van der Waals surface area (Å²) in [5.74, 6) is 2.17. The van der Waals surface area contributed by atoms with Crippen LogP contribution in [-0.4, -0.2) is 9.13 Å². The van der Waals surface area contributed by atoms with E-state index in [9.17, 15) is 0 Å². The maximum Gasteiger partial charge on any atom is 0.0489 e. The van der Waals surface area contributed by atoms with E-state index in [4.69, 9.17) is 11.6 Å². The molecule has 0 radical (unpaired) electrons. The van der Waals surface area contributed by atoms with Crippen molar-refractivity contribution in [2.75, 3.05) is 0 Å². The second-order valence-electron chi connectivity index (χ2n) is 12.3. The van der Waals surface area contributed by atoms with Crippen LogP contribution in [0.5, 0.6) is 0 Å². The van der Waals surface area contributed by atoms with Crippen LogP contribution in [0.3, 0.4) is 0 Å². The third-order valence-electron chi connectivity index (χ3n) is 7.31. The second-order valence-corrected chi connectivity index (χ2v) is 12.8. The van der Waals surface area contributed by atoms with E-state index in [2.05, 4.69) is 129 Å². The fourth-order valence-corrected chi connectivity index (χ4v) is 6.32. The molecule has 0 amide bonds. The van der Waals surface area contributed by atoms with E-state index in [1.165, 1.54) is 44.3 Å². The minimum absolute atomic E-state index is 0.466. The molecule has 216 valence electrons. The smallest absolute Gasteiger partial charge is 0.0489 e. The fraction of sp³-hybridized carbons (Fsp3) is 0.556. The average molecular weight is 551 g/mol. The average Bonchev–Trinajstić information content (AvgIpc) is 3.39. The van der Waals surface area contributed by atoms with Crippen molar-refractivity contribution in [3.05, 3.63) is 70.0 Å². The predicted octanol–water partition coefficient (Wildman–Crippen LogP) is 12.6. The van der Waals surface area contributed by atoms with Gasteiger partial charge in [-0.15, -0.1) is 0 Å². The first-order chi connectivity index (χ1) is 18.3. The minimum atomic E-state index is 0.466. The number of halogens is 1. The van der Waals surface area contributed by atoms with Crippen molar-refractivity contribution in [2.45, 2.75) is 133 Å². The van der Waals surface area contributed by atoms with Gasteiger partial charge in [0.25, 0.3) is 0 Å². The molecule has 0 spiro atoms. The highest BCUT2D eigenvalue weighted by molar-refractivity contribution is 6.31. The van der Waals surface area contributed by atoms with Crippen LogP contribution >= 0.6 is 11.6 Å². The highest BCUT2D eigenvalue weighted by Gasteiger charge is 2.23. The topological polar surface area (TPSA) is 9.86 Å². The van der Waals surface area contributed by atoms with E-state index in [0.29, 0.717) is 35.8 Å². The molecule has 0 aliphatic rings. The molecule has 2 heterocycles. The van der Waals surface area contributed by atoms with Gasteiger partial charge >= 0.3 is 0 Å². The Bertz CT molecular complexity index is 1300. The van der Waals surface area contributed by atoms with Crippen LogP contribution in [0.2, 0.25) is 5.02 Å². The van der Waals surface area contributed by atoms with E-state index < -0.39 is 0 Å². The van der Waals surface area contributed by atoms with Crippen molar-refractivity contribution < 1.29 is 0 Å². The summed E-state index contributed by atoms with van der Waals surface area (Å²) in [7, 11) is 0. The zero-order valence-corrected chi connectivity index (χ0v) is 28.0. The van der Waals surface area contributed by atoms with Gasteiger partial charge in [0.15, 0.2) is 0 Å². The predicted molar refractivity (Wildman–Crippen MR) is 177 cm³/mol. The Morgan fingerprint density at radius 2 is 0.923 bits per heavy atom. The number of benzene rings is 2. The molecule has 0 bridgehead atoms. The van der Waals surface area contributed by atoms with Gasteiger partial charge in [0.2, 0.25) is 0 Å². The summed E-state index contributed by atoms with van der Waals surface area (Å²) in [4.78, 5) is 0. The number of para-hydroxylation sites is 1. The summed E-state index contributed by atoms with van der Waals surface area (Å²) in [6.45, 7) is 31.4. The summed E-state index contributed by atoms with van der Waals surface area (Å²) in [5, 5.41) is 3.58. The van der Waals surface area contributed by atoms with Gasteiger partial charge in [0, 0.05) is 50.3 Å². The molecule has 0 fully saturated rings. The van der Waals surface area contributed by atoms with Crippen LogP contribution in [0, 0.1) is 0 Å². The van der Waals surface area contributed by atoms with Crippen molar-refractivity contribution in [2.24, 2.45) is 0 Å². The van der Waals surface area contributed by atoms with Crippen molar-refractivity contribution in [3.8, 4) is 0 Å². The number of aromatic nitrogens is 2. The molecule has 4 rings (SSSR count). The van der Waals surface area contributed by atoms with Crippen LogP contribution in [0.15, 0.2) is 42.5 Å². The van der Waals surface area contributed by atoms with E-state index in [-0.39, 0.29) is 0 Å². The molecule has 0 N–H and O–H groups in total. The molecule has 0 aliphatic carbocycles. The molecule has 2 aromatic heterocycles. The molecule has 2 nitrogen and oxygen atoms in total. The van der Waals surface area contributed by atoms with Crippen molar-refractivity contribution in [3.63, 3.8) is 0 Å². The fourth-order valence-electron chi connectivity index (χ4n) is 6.15. The summed E-state index contributed by atoms with van der Waals surface area (Å²) < 4.78 is 5.00. The Hall–Kier alpha value is -2.19. The standard InChI is InChI=1S/C17H24ClN.C17H25N.C2H6/c1-10(2)16-14-9-13(18)7-8-15(14)19(12(5)6)17(16)11(3)4;1-11(2)16-14-9-7-8-10-15(14)18(13(5)6)17(16)12(3)4;1-2/h7-12H,1-6H3;7-13H,1-6H3;1-2H3. The highest BCUT2D eigenvalue weighted by atomic mass is 35.5. The van der Waals surface area contributed by atoms with E-state index in [1.807, 2.05) is 19.9 Å². The van der Waals surface area contributed by atoms with Crippen LogP contribution in [0.1, 0.15) is 155 Å². The van der Waals surface area contributed by atoms with E-state index in [1.54, 1.807) is 0 Å². The summed E-state index contributed by atoms with van der Waals surface area (Å²) in [5.41, 5.74) is 8.67. The van der Waals surface area contributed by atoms with Crippen LogP contribution in [0.25, 0.3) is 21.8 Å². The van der Waals surface area contributed by atoms with E-state index in [0.717, 1.165) is 5.02 Å². The van der Waals surface area contributed by atoms with Crippen molar-refractivity contribution in [1.29, 1.82) is 0 Å². The molecular formula is C36H55ClN2. The molecule has 0 saturated heterocycles. The zero-order valence-electron chi connectivity index (χ0n) is 27.3. The third kappa shape index (κ3) is 6.76. The summed E-state index contributed by atoms with van der Waals surface area (Å²) in [6, 6.07) is 16.1. The molecule has 39 heavy (non-hydrogen) atoms. The Labute approximate surface area is 244 Å². The number of nitrogens with zero attached hydrogens (tertiary/aromatic N) is 2. The number of fused-ring (bicyclic) bond motifs is 2. The van der Waals surface area contributed by atoms with Crippen LogP contribution in [-0.2, 0) is 0 Å². The maximum absolute atomic E-state index is 6.21. The summed E-state index contributed by atoms with van der Waals surface area (Å²) in [6.07, 6.45) is 0. The first-order valence-electron chi connectivity index (χ1n) is 15.2.